The summed E-state index contributed by atoms with van der Waals surface area (Å²) >= 11 is 0. The highest BCUT2D eigenvalue weighted by Gasteiger charge is 2.53. The smallest absolute Gasteiger partial charge is 0.252 e. The van der Waals surface area contributed by atoms with E-state index in [0.29, 0.717) is 11.5 Å². The predicted octanol–water partition coefficient (Wildman–Crippen LogP) is 2.79. The summed E-state index contributed by atoms with van der Waals surface area (Å²) in [5, 5.41) is 3.51. The minimum Gasteiger partial charge on any atom is -0.367 e. The Morgan fingerprint density at radius 2 is 1.85 bits per heavy atom. The zero-order valence-electron chi connectivity index (χ0n) is 12.1. The van der Waals surface area contributed by atoms with Crippen molar-refractivity contribution in [2.24, 2.45) is 23.2 Å². The number of nitrogens with one attached hydrogen (secondary N) is 2. The lowest BCUT2D eigenvalue weighted by Crippen LogP contribution is -2.53. The van der Waals surface area contributed by atoms with E-state index in [4.69, 9.17) is 0 Å². The van der Waals surface area contributed by atoms with Crippen molar-refractivity contribution in [1.29, 1.82) is 0 Å². The minimum absolute atomic E-state index is 0.0831. The van der Waals surface area contributed by atoms with Crippen LogP contribution in [-0.4, -0.2) is 16.0 Å². The average Bonchev–Trinajstić information content (AvgIpc) is 2.37. The number of hydrogen-bond donors (Lipinski definition) is 2. The second kappa shape index (κ2) is 4.34. The highest BCUT2D eigenvalue weighted by Crippen LogP contribution is 2.61. The summed E-state index contributed by atoms with van der Waals surface area (Å²) in [5.41, 5.74) is 0.360. The molecule has 1 heterocycles. The third-order valence-corrected chi connectivity index (χ3v) is 6.05. The fourth-order valence-corrected chi connectivity index (χ4v) is 5.53. The Hall–Kier alpha value is -1.32. The first kappa shape index (κ1) is 12.4. The van der Waals surface area contributed by atoms with Crippen LogP contribution in [0, 0.1) is 23.2 Å². The Labute approximate surface area is 119 Å². The number of H-pyrrole nitrogens is 1. The molecule has 1 aromatic heterocycles. The van der Waals surface area contributed by atoms with Crippen LogP contribution in [0.1, 0.15) is 45.4 Å². The largest absolute Gasteiger partial charge is 0.367 e. The molecule has 5 rings (SSSR count). The Morgan fingerprint density at radius 1 is 1.25 bits per heavy atom. The van der Waals surface area contributed by atoms with Gasteiger partial charge in [-0.2, -0.15) is 0 Å². The van der Waals surface area contributed by atoms with Crippen molar-refractivity contribution in [1.82, 2.24) is 9.97 Å². The Morgan fingerprint density at radius 3 is 2.40 bits per heavy atom. The molecule has 0 aromatic carbocycles. The van der Waals surface area contributed by atoms with Crippen LogP contribution < -0.4 is 10.9 Å². The summed E-state index contributed by atoms with van der Waals surface area (Å²) in [7, 11) is 0. The summed E-state index contributed by atoms with van der Waals surface area (Å²) in [4.78, 5) is 18.2. The van der Waals surface area contributed by atoms with E-state index in [2.05, 4.69) is 22.2 Å². The van der Waals surface area contributed by atoms with Gasteiger partial charge in [-0.25, -0.2) is 4.98 Å². The molecule has 0 spiro atoms. The lowest BCUT2D eigenvalue weighted by atomic mass is 9.48. The molecule has 4 aliphatic rings. The highest BCUT2D eigenvalue weighted by molar-refractivity contribution is 5.34. The molecule has 4 fully saturated rings. The van der Waals surface area contributed by atoms with Crippen LogP contribution in [0.15, 0.2) is 17.2 Å². The van der Waals surface area contributed by atoms with Crippen LogP contribution in [0.4, 0.5) is 5.82 Å². The topological polar surface area (TPSA) is 57.8 Å². The van der Waals surface area contributed by atoms with Crippen LogP contribution in [0.25, 0.3) is 0 Å². The lowest BCUT2D eigenvalue weighted by Gasteiger charge is -2.59. The van der Waals surface area contributed by atoms with Crippen LogP contribution >= 0.6 is 0 Å². The van der Waals surface area contributed by atoms with Gasteiger partial charge in [0.1, 0.15) is 5.82 Å². The molecular formula is C16H23N3O. The minimum atomic E-state index is -0.0831. The van der Waals surface area contributed by atoms with Gasteiger partial charge < -0.3 is 10.3 Å². The van der Waals surface area contributed by atoms with Gasteiger partial charge in [-0.1, -0.05) is 0 Å². The van der Waals surface area contributed by atoms with E-state index in [1.165, 1.54) is 44.9 Å². The zero-order chi connectivity index (χ0) is 13.7. The molecule has 1 aromatic rings. The van der Waals surface area contributed by atoms with Gasteiger partial charge in [0.2, 0.25) is 0 Å². The molecule has 0 amide bonds. The van der Waals surface area contributed by atoms with Gasteiger partial charge in [0.15, 0.2) is 0 Å². The number of aromatic nitrogens is 2. The summed E-state index contributed by atoms with van der Waals surface area (Å²) in [6.45, 7) is 2.29. The van der Waals surface area contributed by atoms with Gasteiger partial charge in [0.25, 0.3) is 5.56 Å². The predicted molar refractivity (Wildman–Crippen MR) is 78.5 cm³/mol. The standard InChI is InChI=1S/C16H23N3O/c1-10(19-14-5-15(20)18-9-17-14)16-6-11-2-12(7-16)4-13(3-11)8-16/h5,9-13H,2-4,6-8H2,1H3,(H2,17,18,19,20). The van der Waals surface area contributed by atoms with Gasteiger partial charge in [-0.15, -0.1) is 0 Å². The SMILES string of the molecule is CC(Nc1cc(=O)[nH]cn1)C12CC3CC(CC(C3)C1)C2. The first-order valence-corrected chi connectivity index (χ1v) is 7.94. The molecule has 4 heteroatoms. The fourth-order valence-electron chi connectivity index (χ4n) is 5.53. The maximum absolute atomic E-state index is 11.4. The average molecular weight is 273 g/mol. The second-order valence-corrected chi connectivity index (χ2v) is 7.44. The molecule has 0 aliphatic heterocycles. The van der Waals surface area contributed by atoms with Crippen molar-refractivity contribution in [2.45, 2.75) is 51.5 Å². The first-order chi connectivity index (χ1) is 9.63. The quantitative estimate of drug-likeness (QED) is 0.890. The number of nitrogens with zero attached hydrogens (tertiary/aromatic N) is 1. The van der Waals surface area contributed by atoms with Crippen molar-refractivity contribution in [3.8, 4) is 0 Å². The molecule has 4 bridgehead atoms. The molecule has 4 aliphatic carbocycles. The Kier molecular flexibility index (Phi) is 2.69. The normalized spacial score (nSPS) is 39.8. The van der Waals surface area contributed by atoms with Crippen molar-refractivity contribution >= 4 is 5.82 Å². The van der Waals surface area contributed by atoms with Gasteiger partial charge in [0.05, 0.1) is 6.33 Å². The van der Waals surface area contributed by atoms with E-state index < -0.39 is 0 Å². The molecular weight excluding hydrogens is 250 g/mol. The van der Waals surface area contributed by atoms with E-state index in [1.807, 2.05) is 0 Å². The van der Waals surface area contributed by atoms with Crippen molar-refractivity contribution < 1.29 is 0 Å². The molecule has 2 N–H and O–H groups in total. The third kappa shape index (κ3) is 1.97. The third-order valence-electron chi connectivity index (χ3n) is 6.05. The summed E-state index contributed by atoms with van der Waals surface area (Å²) in [5.74, 6) is 3.59. The zero-order valence-corrected chi connectivity index (χ0v) is 12.1. The van der Waals surface area contributed by atoms with E-state index >= 15 is 0 Å². The van der Waals surface area contributed by atoms with Crippen molar-refractivity contribution in [3.05, 3.63) is 22.7 Å². The van der Waals surface area contributed by atoms with Gasteiger partial charge in [-0.3, -0.25) is 4.79 Å². The van der Waals surface area contributed by atoms with Crippen molar-refractivity contribution in [2.75, 3.05) is 5.32 Å². The monoisotopic (exact) mass is 273 g/mol. The van der Waals surface area contributed by atoms with Gasteiger partial charge in [0, 0.05) is 12.1 Å². The number of anilines is 1. The molecule has 0 saturated heterocycles. The first-order valence-electron chi connectivity index (χ1n) is 7.94. The second-order valence-electron chi connectivity index (χ2n) is 7.44. The fraction of sp³-hybridized carbons (Fsp3) is 0.750. The number of rotatable bonds is 3. The molecule has 1 atom stereocenters. The molecule has 20 heavy (non-hydrogen) atoms. The molecule has 4 nitrogen and oxygen atoms in total. The maximum Gasteiger partial charge on any atom is 0.252 e. The van der Waals surface area contributed by atoms with Crippen LogP contribution in [0.3, 0.4) is 0 Å². The Balaban J connectivity index is 1.56. The molecule has 0 radical (unpaired) electrons. The summed E-state index contributed by atoms with van der Waals surface area (Å²) in [6, 6.07) is 1.97. The van der Waals surface area contributed by atoms with E-state index in [9.17, 15) is 4.79 Å². The molecule has 108 valence electrons. The summed E-state index contributed by atoms with van der Waals surface area (Å²) < 4.78 is 0. The molecule has 1 unspecified atom stereocenters. The van der Waals surface area contributed by atoms with E-state index in [1.54, 1.807) is 6.07 Å². The van der Waals surface area contributed by atoms with Crippen LogP contribution in [-0.2, 0) is 0 Å². The number of hydrogen-bond acceptors (Lipinski definition) is 3. The van der Waals surface area contributed by atoms with E-state index in [-0.39, 0.29) is 5.56 Å². The van der Waals surface area contributed by atoms with Crippen LogP contribution in [0.5, 0.6) is 0 Å². The van der Waals surface area contributed by atoms with Gasteiger partial charge in [-0.05, 0) is 68.6 Å². The van der Waals surface area contributed by atoms with Crippen LogP contribution in [0.2, 0.25) is 0 Å². The lowest BCUT2D eigenvalue weighted by molar-refractivity contribution is -0.0603. The summed E-state index contributed by atoms with van der Waals surface area (Å²) in [6.07, 6.45) is 10.00. The Bertz CT molecular complexity index is 530. The maximum atomic E-state index is 11.4. The van der Waals surface area contributed by atoms with E-state index in [0.717, 1.165) is 23.6 Å². The van der Waals surface area contributed by atoms with Crippen molar-refractivity contribution in [3.63, 3.8) is 0 Å². The van der Waals surface area contributed by atoms with Gasteiger partial charge >= 0.3 is 0 Å². The molecule has 4 saturated carbocycles. The number of aromatic amines is 1. The highest BCUT2D eigenvalue weighted by atomic mass is 16.1.